The second-order valence-corrected chi connectivity index (χ2v) is 11.5. The van der Waals surface area contributed by atoms with E-state index < -0.39 is 15.9 Å². The van der Waals surface area contributed by atoms with Gasteiger partial charge in [-0.05, 0) is 73.0 Å². The first-order chi connectivity index (χ1) is 15.1. The Balaban J connectivity index is 1.93. The molecule has 0 aromatic heterocycles. The van der Waals surface area contributed by atoms with Crippen molar-refractivity contribution in [3.8, 4) is 0 Å². The largest absolute Gasteiger partial charge is 0.324 e. The Morgan fingerprint density at radius 2 is 1.56 bits per heavy atom. The van der Waals surface area contributed by atoms with Crippen LogP contribution in [0, 0.1) is 13.8 Å². The average Bonchev–Trinajstić information content (AvgIpc) is 2.72. The average molecular weight is 601 g/mol. The highest BCUT2D eigenvalue weighted by Gasteiger charge is 2.28. The molecule has 32 heavy (non-hydrogen) atoms. The van der Waals surface area contributed by atoms with Gasteiger partial charge in [0, 0.05) is 26.2 Å². The number of hydrogen-bond donors (Lipinski definition) is 1. The highest BCUT2D eigenvalue weighted by molar-refractivity contribution is 9.10. The van der Waals surface area contributed by atoms with Gasteiger partial charge in [0.1, 0.15) is 0 Å². The molecule has 3 aromatic rings. The summed E-state index contributed by atoms with van der Waals surface area (Å²) >= 11 is 13.0. The van der Waals surface area contributed by atoms with E-state index in [1.54, 1.807) is 36.4 Å². The SMILES string of the molecule is Cc1cc(Br)cc(C)c1NC(=O)CN(Cc1ccccc1Cl)S(=O)(=O)c1ccc(Br)cc1. The van der Waals surface area contributed by atoms with E-state index in [2.05, 4.69) is 37.2 Å². The molecule has 5 nitrogen and oxygen atoms in total. The Hall–Kier alpha value is -1.71. The smallest absolute Gasteiger partial charge is 0.243 e. The van der Waals surface area contributed by atoms with Crippen LogP contribution < -0.4 is 5.32 Å². The maximum absolute atomic E-state index is 13.4. The first kappa shape index (κ1) is 24.9. The molecule has 3 aromatic carbocycles. The van der Waals surface area contributed by atoms with Crippen LogP contribution in [0.4, 0.5) is 5.69 Å². The van der Waals surface area contributed by atoms with Crippen molar-refractivity contribution in [3.63, 3.8) is 0 Å². The molecule has 0 aliphatic heterocycles. The molecule has 0 aliphatic carbocycles. The van der Waals surface area contributed by atoms with E-state index in [1.165, 1.54) is 12.1 Å². The highest BCUT2D eigenvalue weighted by Crippen LogP contribution is 2.26. The van der Waals surface area contributed by atoms with E-state index in [0.717, 1.165) is 24.4 Å². The van der Waals surface area contributed by atoms with Crippen molar-refractivity contribution in [2.75, 3.05) is 11.9 Å². The zero-order valence-electron chi connectivity index (χ0n) is 17.4. The minimum absolute atomic E-state index is 0.0379. The number of nitrogens with one attached hydrogen (secondary N) is 1. The van der Waals surface area contributed by atoms with Crippen LogP contribution in [0.2, 0.25) is 5.02 Å². The lowest BCUT2D eigenvalue weighted by Gasteiger charge is -2.23. The zero-order chi connectivity index (χ0) is 23.5. The molecule has 3 rings (SSSR count). The van der Waals surface area contributed by atoms with Gasteiger partial charge >= 0.3 is 0 Å². The van der Waals surface area contributed by atoms with Gasteiger partial charge in [-0.25, -0.2) is 8.42 Å². The van der Waals surface area contributed by atoms with E-state index in [9.17, 15) is 13.2 Å². The van der Waals surface area contributed by atoms with Crippen LogP contribution in [0.3, 0.4) is 0 Å². The summed E-state index contributed by atoms with van der Waals surface area (Å²) in [4.78, 5) is 13.0. The number of carbonyl (C=O) groups is 1. The van der Waals surface area contributed by atoms with Gasteiger partial charge in [0.25, 0.3) is 0 Å². The molecule has 1 N–H and O–H groups in total. The first-order valence-corrected chi connectivity index (χ1v) is 13.0. The van der Waals surface area contributed by atoms with Crippen molar-refractivity contribution >= 4 is 65.1 Å². The number of carbonyl (C=O) groups excluding carboxylic acids is 1. The molecule has 1 amide bonds. The third kappa shape index (κ3) is 5.99. The quantitative estimate of drug-likeness (QED) is 0.346. The van der Waals surface area contributed by atoms with Crippen molar-refractivity contribution in [2.45, 2.75) is 25.3 Å². The van der Waals surface area contributed by atoms with Crippen LogP contribution in [-0.2, 0) is 21.4 Å². The van der Waals surface area contributed by atoms with Crippen molar-refractivity contribution in [1.29, 1.82) is 0 Å². The normalized spacial score (nSPS) is 11.6. The van der Waals surface area contributed by atoms with Gasteiger partial charge in [0.2, 0.25) is 15.9 Å². The molecular formula is C23H21Br2ClN2O3S. The summed E-state index contributed by atoms with van der Waals surface area (Å²) in [5.41, 5.74) is 3.02. The van der Waals surface area contributed by atoms with Gasteiger partial charge in [-0.3, -0.25) is 4.79 Å². The molecule has 0 fully saturated rings. The summed E-state index contributed by atoms with van der Waals surface area (Å²) in [5, 5.41) is 3.30. The lowest BCUT2D eigenvalue weighted by molar-refractivity contribution is -0.116. The molecule has 0 radical (unpaired) electrons. The number of rotatable bonds is 7. The van der Waals surface area contributed by atoms with Crippen LogP contribution in [-0.4, -0.2) is 25.2 Å². The standard InChI is InChI=1S/C23H21Br2ClN2O3S/c1-15-11-19(25)12-16(2)23(15)27-22(29)14-28(13-17-5-3-4-6-21(17)26)32(30,31)20-9-7-18(24)8-10-20/h3-12H,13-14H2,1-2H3,(H,27,29). The number of anilines is 1. The second kappa shape index (κ2) is 10.5. The third-order valence-electron chi connectivity index (χ3n) is 4.84. The number of halogens is 3. The van der Waals surface area contributed by atoms with Crippen molar-refractivity contribution in [1.82, 2.24) is 4.31 Å². The van der Waals surface area contributed by atoms with E-state index in [1.807, 2.05) is 26.0 Å². The monoisotopic (exact) mass is 598 g/mol. The molecule has 0 aliphatic rings. The van der Waals surface area contributed by atoms with Gasteiger partial charge in [0.05, 0.1) is 11.4 Å². The van der Waals surface area contributed by atoms with Crippen LogP contribution in [0.15, 0.2) is 74.5 Å². The van der Waals surface area contributed by atoms with Crippen LogP contribution >= 0.6 is 43.5 Å². The minimum atomic E-state index is -3.96. The molecule has 9 heteroatoms. The lowest BCUT2D eigenvalue weighted by Crippen LogP contribution is -2.37. The number of aryl methyl sites for hydroxylation is 2. The fourth-order valence-corrected chi connectivity index (χ4v) is 5.77. The third-order valence-corrected chi connectivity index (χ3v) is 8.00. The van der Waals surface area contributed by atoms with Gasteiger partial charge in [-0.15, -0.1) is 0 Å². The summed E-state index contributed by atoms with van der Waals surface area (Å²) in [5.74, 6) is -0.439. The number of sulfonamides is 1. The Morgan fingerprint density at radius 3 is 2.16 bits per heavy atom. The summed E-state index contributed by atoms with van der Waals surface area (Å²) in [7, 11) is -3.96. The Labute approximate surface area is 210 Å². The second-order valence-electron chi connectivity index (χ2n) is 7.28. The lowest BCUT2D eigenvalue weighted by atomic mass is 10.1. The summed E-state index contributed by atoms with van der Waals surface area (Å²) in [6.45, 7) is 3.36. The molecule has 168 valence electrons. The Morgan fingerprint density at radius 1 is 0.969 bits per heavy atom. The fourth-order valence-electron chi connectivity index (χ4n) is 3.25. The zero-order valence-corrected chi connectivity index (χ0v) is 22.1. The van der Waals surface area contributed by atoms with Gasteiger partial charge < -0.3 is 5.32 Å². The van der Waals surface area contributed by atoms with Gasteiger partial charge in [0.15, 0.2) is 0 Å². The topological polar surface area (TPSA) is 66.5 Å². The van der Waals surface area contributed by atoms with Crippen molar-refractivity contribution in [2.24, 2.45) is 0 Å². The van der Waals surface area contributed by atoms with E-state index in [4.69, 9.17) is 11.6 Å². The molecule has 0 unspecified atom stereocenters. The van der Waals surface area contributed by atoms with E-state index in [0.29, 0.717) is 16.3 Å². The Bertz CT molecular complexity index is 1230. The summed E-state index contributed by atoms with van der Waals surface area (Å²) in [6.07, 6.45) is 0. The minimum Gasteiger partial charge on any atom is -0.324 e. The Kier molecular flexibility index (Phi) is 8.16. The molecule has 0 atom stereocenters. The first-order valence-electron chi connectivity index (χ1n) is 9.63. The number of amides is 1. The molecule has 0 saturated carbocycles. The number of hydrogen-bond acceptors (Lipinski definition) is 3. The molecule has 0 heterocycles. The maximum Gasteiger partial charge on any atom is 0.243 e. The maximum atomic E-state index is 13.4. The van der Waals surface area contributed by atoms with Gasteiger partial charge in [-0.1, -0.05) is 61.7 Å². The highest BCUT2D eigenvalue weighted by atomic mass is 79.9. The fraction of sp³-hybridized carbons (Fsp3) is 0.174. The number of nitrogens with zero attached hydrogens (tertiary/aromatic N) is 1. The van der Waals surface area contributed by atoms with Crippen LogP contribution in [0.25, 0.3) is 0 Å². The predicted molar refractivity (Wildman–Crippen MR) is 135 cm³/mol. The van der Waals surface area contributed by atoms with Crippen LogP contribution in [0.1, 0.15) is 16.7 Å². The number of benzene rings is 3. The van der Waals surface area contributed by atoms with E-state index in [-0.39, 0.29) is 18.0 Å². The van der Waals surface area contributed by atoms with E-state index >= 15 is 0 Å². The van der Waals surface area contributed by atoms with Crippen molar-refractivity contribution < 1.29 is 13.2 Å². The summed E-state index contributed by atoms with van der Waals surface area (Å²) in [6, 6.07) is 17.1. The predicted octanol–water partition coefficient (Wildman–Crippen LogP) is 6.31. The van der Waals surface area contributed by atoms with Crippen LogP contribution in [0.5, 0.6) is 0 Å². The molecule has 0 bridgehead atoms. The van der Waals surface area contributed by atoms with Crippen molar-refractivity contribution in [3.05, 3.63) is 91.3 Å². The molecule has 0 saturated heterocycles. The molecular weight excluding hydrogens is 580 g/mol. The molecule has 0 spiro atoms. The summed E-state index contributed by atoms with van der Waals surface area (Å²) < 4.78 is 29.6. The van der Waals surface area contributed by atoms with Gasteiger partial charge in [-0.2, -0.15) is 4.31 Å².